The van der Waals surface area contributed by atoms with E-state index >= 15 is 0 Å². The molecular weight excluding hydrogens is 234 g/mol. The first-order valence-corrected chi connectivity index (χ1v) is 6.41. The fourth-order valence-corrected chi connectivity index (χ4v) is 2.50. The predicted octanol–water partition coefficient (Wildman–Crippen LogP) is 3.01. The Hall–Kier alpha value is -2.13. The maximum Gasteiger partial charge on any atom is 0.0869 e. The Balaban J connectivity index is 2.25. The summed E-state index contributed by atoms with van der Waals surface area (Å²) in [5.74, 6) is 0. The number of aromatic nitrogens is 2. The number of aryl methyl sites for hydroxylation is 2. The summed E-state index contributed by atoms with van der Waals surface area (Å²) in [6, 6.07) is 12.6. The minimum absolute atomic E-state index is 0.540. The van der Waals surface area contributed by atoms with E-state index < -0.39 is 0 Å². The summed E-state index contributed by atoms with van der Waals surface area (Å²) in [6.07, 6.45) is 1.82. The fourth-order valence-electron chi connectivity index (χ4n) is 2.50. The van der Waals surface area contributed by atoms with Gasteiger partial charge in [0, 0.05) is 30.7 Å². The molecule has 3 rings (SSSR count). The molecular formula is C16H17N3. The van der Waals surface area contributed by atoms with Gasteiger partial charge < -0.3 is 10.3 Å². The average Bonchev–Trinajstić information content (AvgIpc) is 2.78. The van der Waals surface area contributed by atoms with Crippen molar-refractivity contribution in [3.05, 3.63) is 53.7 Å². The number of hydrogen-bond acceptors (Lipinski definition) is 2. The Bertz CT molecular complexity index is 741. The number of benzene rings is 1. The molecule has 2 aromatic heterocycles. The predicted molar refractivity (Wildman–Crippen MR) is 78.8 cm³/mol. The van der Waals surface area contributed by atoms with Crippen LogP contribution >= 0.6 is 0 Å². The molecule has 3 aromatic rings. The SMILES string of the molecule is Cc1cccc2c1cc(-c1cc(CN)ccn1)n2C. The van der Waals surface area contributed by atoms with Gasteiger partial charge in [-0.2, -0.15) is 0 Å². The zero-order valence-electron chi connectivity index (χ0n) is 11.2. The monoisotopic (exact) mass is 251 g/mol. The standard InChI is InChI=1S/C16H17N3/c1-11-4-3-5-15-13(11)9-16(19(15)2)14-8-12(10-17)6-7-18-14/h3-9H,10,17H2,1-2H3. The van der Waals surface area contributed by atoms with E-state index in [-0.39, 0.29) is 0 Å². The van der Waals surface area contributed by atoms with Crippen LogP contribution in [0.3, 0.4) is 0 Å². The molecule has 3 heteroatoms. The van der Waals surface area contributed by atoms with Crippen molar-refractivity contribution in [2.24, 2.45) is 12.8 Å². The van der Waals surface area contributed by atoms with Crippen molar-refractivity contribution in [1.82, 2.24) is 9.55 Å². The van der Waals surface area contributed by atoms with Crippen molar-refractivity contribution in [2.75, 3.05) is 0 Å². The van der Waals surface area contributed by atoms with Crippen molar-refractivity contribution < 1.29 is 0 Å². The number of nitrogens with two attached hydrogens (primary N) is 1. The largest absolute Gasteiger partial charge is 0.342 e. The van der Waals surface area contributed by atoms with Crippen LogP contribution < -0.4 is 5.73 Å². The molecule has 0 fully saturated rings. The number of pyridine rings is 1. The Labute approximate surface area is 112 Å². The first-order chi connectivity index (χ1) is 9.20. The molecule has 96 valence electrons. The number of rotatable bonds is 2. The highest BCUT2D eigenvalue weighted by atomic mass is 15.0. The first-order valence-electron chi connectivity index (χ1n) is 6.41. The van der Waals surface area contributed by atoms with Crippen LogP contribution in [0.15, 0.2) is 42.6 Å². The van der Waals surface area contributed by atoms with E-state index in [1.54, 1.807) is 0 Å². The lowest BCUT2D eigenvalue weighted by Gasteiger charge is -2.05. The summed E-state index contributed by atoms with van der Waals surface area (Å²) in [5, 5.41) is 1.28. The lowest BCUT2D eigenvalue weighted by atomic mass is 10.1. The van der Waals surface area contributed by atoms with Gasteiger partial charge in [0.1, 0.15) is 0 Å². The molecule has 0 amide bonds. The summed E-state index contributed by atoms with van der Waals surface area (Å²) >= 11 is 0. The summed E-state index contributed by atoms with van der Waals surface area (Å²) in [4.78, 5) is 4.47. The zero-order chi connectivity index (χ0) is 13.4. The van der Waals surface area contributed by atoms with E-state index in [0.29, 0.717) is 6.54 Å². The normalized spacial score (nSPS) is 11.1. The van der Waals surface area contributed by atoms with Gasteiger partial charge in [0.15, 0.2) is 0 Å². The van der Waals surface area contributed by atoms with E-state index in [2.05, 4.69) is 53.9 Å². The van der Waals surface area contributed by atoms with Crippen LogP contribution in [-0.4, -0.2) is 9.55 Å². The molecule has 0 radical (unpaired) electrons. The van der Waals surface area contributed by atoms with Gasteiger partial charge in [-0.15, -0.1) is 0 Å². The molecule has 0 unspecified atom stereocenters. The molecule has 0 saturated heterocycles. The second-order valence-corrected chi connectivity index (χ2v) is 4.85. The van der Waals surface area contributed by atoms with Gasteiger partial charge in [0.2, 0.25) is 0 Å². The van der Waals surface area contributed by atoms with Crippen LogP contribution in [0.1, 0.15) is 11.1 Å². The molecule has 0 atom stereocenters. The zero-order valence-corrected chi connectivity index (χ0v) is 11.2. The quantitative estimate of drug-likeness (QED) is 0.761. The van der Waals surface area contributed by atoms with Crippen molar-refractivity contribution in [3.8, 4) is 11.4 Å². The van der Waals surface area contributed by atoms with E-state index in [0.717, 1.165) is 17.0 Å². The smallest absolute Gasteiger partial charge is 0.0869 e. The lowest BCUT2D eigenvalue weighted by molar-refractivity contribution is 0.966. The molecule has 0 bridgehead atoms. The Morgan fingerprint density at radius 2 is 2.05 bits per heavy atom. The fraction of sp³-hybridized carbons (Fsp3) is 0.188. The summed E-state index contributed by atoms with van der Waals surface area (Å²) in [5.41, 5.74) is 11.4. The van der Waals surface area contributed by atoms with Crippen LogP contribution in [-0.2, 0) is 13.6 Å². The summed E-state index contributed by atoms with van der Waals surface area (Å²) < 4.78 is 2.19. The minimum atomic E-state index is 0.540. The van der Waals surface area contributed by atoms with E-state index in [4.69, 9.17) is 5.73 Å². The van der Waals surface area contributed by atoms with Gasteiger partial charge in [-0.25, -0.2) is 0 Å². The van der Waals surface area contributed by atoms with Crippen molar-refractivity contribution in [3.63, 3.8) is 0 Å². The third-order valence-electron chi connectivity index (χ3n) is 3.63. The van der Waals surface area contributed by atoms with E-state index in [9.17, 15) is 0 Å². The summed E-state index contributed by atoms with van der Waals surface area (Å²) in [7, 11) is 2.08. The van der Waals surface area contributed by atoms with Crippen LogP contribution in [0.2, 0.25) is 0 Å². The van der Waals surface area contributed by atoms with Gasteiger partial charge in [-0.3, -0.25) is 4.98 Å². The first kappa shape index (κ1) is 11.9. The maximum absolute atomic E-state index is 5.70. The van der Waals surface area contributed by atoms with Gasteiger partial charge in [0.25, 0.3) is 0 Å². The van der Waals surface area contributed by atoms with Crippen LogP contribution in [0, 0.1) is 6.92 Å². The van der Waals surface area contributed by atoms with Crippen LogP contribution in [0.5, 0.6) is 0 Å². The van der Waals surface area contributed by atoms with Crippen molar-refractivity contribution in [1.29, 1.82) is 0 Å². The maximum atomic E-state index is 5.70. The third kappa shape index (κ3) is 1.92. The molecule has 0 saturated carbocycles. The highest BCUT2D eigenvalue weighted by Crippen LogP contribution is 2.28. The minimum Gasteiger partial charge on any atom is -0.342 e. The van der Waals surface area contributed by atoms with Gasteiger partial charge in [-0.1, -0.05) is 12.1 Å². The van der Waals surface area contributed by atoms with Gasteiger partial charge in [-0.05, 0) is 42.3 Å². The van der Waals surface area contributed by atoms with Crippen molar-refractivity contribution >= 4 is 10.9 Å². The Kier molecular flexibility index (Phi) is 2.84. The summed E-state index contributed by atoms with van der Waals surface area (Å²) in [6.45, 7) is 2.67. The number of nitrogens with zero attached hydrogens (tertiary/aromatic N) is 2. The molecule has 2 heterocycles. The Morgan fingerprint density at radius 1 is 1.21 bits per heavy atom. The molecule has 0 aliphatic carbocycles. The topological polar surface area (TPSA) is 43.8 Å². The highest BCUT2D eigenvalue weighted by molar-refractivity contribution is 5.88. The van der Waals surface area contributed by atoms with Gasteiger partial charge in [0.05, 0.1) is 11.4 Å². The molecule has 0 spiro atoms. The number of hydrogen-bond donors (Lipinski definition) is 1. The highest BCUT2D eigenvalue weighted by Gasteiger charge is 2.10. The second-order valence-electron chi connectivity index (χ2n) is 4.85. The molecule has 2 N–H and O–H groups in total. The third-order valence-corrected chi connectivity index (χ3v) is 3.63. The van der Waals surface area contributed by atoms with E-state index in [1.165, 1.54) is 16.5 Å². The van der Waals surface area contributed by atoms with Crippen LogP contribution in [0.25, 0.3) is 22.3 Å². The van der Waals surface area contributed by atoms with Gasteiger partial charge >= 0.3 is 0 Å². The molecule has 0 aliphatic heterocycles. The van der Waals surface area contributed by atoms with Crippen molar-refractivity contribution in [2.45, 2.75) is 13.5 Å². The average molecular weight is 251 g/mol. The molecule has 19 heavy (non-hydrogen) atoms. The second kappa shape index (κ2) is 4.52. The molecule has 0 aliphatic rings. The Morgan fingerprint density at radius 3 is 2.79 bits per heavy atom. The molecule has 3 nitrogen and oxygen atoms in total. The van der Waals surface area contributed by atoms with Crippen LogP contribution in [0.4, 0.5) is 0 Å². The van der Waals surface area contributed by atoms with E-state index in [1.807, 2.05) is 12.3 Å². The molecule has 1 aromatic carbocycles. The lowest BCUT2D eigenvalue weighted by Crippen LogP contribution is -1.98. The number of fused-ring (bicyclic) bond motifs is 1.